The lowest BCUT2D eigenvalue weighted by Crippen LogP contribution is -2.31. The molecule has 1 aromatic heterocycles. The van der Waals surface area contributed by atoms with Gasteiger partial charge in [-0.3, -0.25) is 4.90 Å². The summed E-state index contributed by atoms with van der Waals surface area (Å²) in [6.45, 7) is 1.78. The fourth-order valence-electron chi connectivity index (χ4n) is 1.36. The maximum Gasteiger partial charge on any atom is 0.318 e. The van der Waals surface area contributed by atoms with Crippen LogP contribution in [-0.4, -0.2) is 18.1 Å². The first-order chi connectivity index (χ1) is 7.08. The summed E-state index contributed by atoms with van der Waals surface area (Å²) in [5.74, 6) is 0.601. The molecule has 0 saturated heterocycles. The molecule has 2 rings (SSSR count). The molecule has 0 aliphatic carbocycles. The summed E-state index contributed by atoms with van der Waals surface area (Å²) in [5.41, 5.74) is 7.27. The largest absolute Gasteiger partial charge is 0.441 e. The molecule has 78 valence electrons. The minimum absolute atomic E-state index is 0.509. The summed E-state index contributed by atoms with van der Waals surface area (Å²) < 4.78 is 5.35. The van der Waals surface area contributed by atoms with Gasteiger partial charge < -0.3 is 10.2 Å². The molecule has 0 aliphatic heterocycles. The van der Waals surface area contributed by atoms with Gasteiger partial charge in [-0.15, -0.1) is 0 Å². The van der Waals surface area contributed by atoms with Crippen LogP contribution in [-0.2, 0) is 0 Å². The van der Waals surface area contributed by atoms with Gasteiger partial charge in [0.05, 0.1) is 0 Å². The number of hydrogen-bond donors (Lipinski definition) is 1. The molecule has 15 heavy (non-hydrogen) atoms. The van der Waals surface area contributed by atoms with Crippen LogP contribution in [0.3, 0.4) is 0 Å². The van der Waals surface area contributed by atoms with Crippen molar-refractivity contribution in [1.82, 2.24) is 4.98 Å². The molecule has 0 radical (unpaired) electrons. The number of carbonyl (C=O) groups excluding carboxylic acids is 1. The Labute approximate surface area is 86.5 Å². The SMILES string of the molecule is Cc1nc2ccc(N(C)C(N)=O)cc2o1. The molecule has 2 amide bonds. The van der Waals surface area contributed by atoms with Gasteiger partial charge in [-0.1, -0.05) is 0 Å². The first-order valence-electron chi connectivity index (χ1n) is 4.48. The van der Waals surface area contributed by atoms with E-state index in [0.717, 1.165) is 5.52 Å². The summed E-state index contributed by atoms with van der Waals surface area (Å²) >= 11 is 0. The highest BCUT2D eigenvalue weighted by atomic mass is 16.3. The smallest absolute Gasteiger partial charge is 0.318 e. The Balaban J connectivity index is 2.50. The molecule has 0 bridgehead atoms. The van der Waals surface area contributed by atoms with Gasteiger partial charge in [-0.2, -0.15) is 0 Å². The maximum atomic E-state index is 10.9. The molecule has 1 heterocycles. The molecule has 0 saturated carbocycles. The topological polar surface area (TPSA) is 72.4 Å². The Morgan fingerprint density at radius 3 is 2.93 bits per heavy atom. The third-order valence-corrected chi connectivity index (χ3v) is 2.20. The van der Waals surface area contributed by atoms with E-state index in [0.29, 0.717) is 17.2 Å². The molecule has 5 heteroatoms. The van der Waals surface area contributed by atoms with Gasteiger partial charge >= 0.3 is 6.03 Å². The van der Waals surface area contributed by atoms with Crippen molar-refractivity contribution in [2.24, 2.45) is 5.73 Å². The van der Waals surface area contributed by atoms with E-state index in [1.54, 1.807) is 32.2 Å². The summed E-state index contributed by atoms with van der Waals surface area (Å²) in [5, 5.41) is 0. The van der Waals surface area contributed by atoms with Crippen LogP contribution in [0, 0.1) is 6.92 Å². The van der Waals surface area contributed by atoms with Gasteiger partial charge in [0.1, 0.15) is 5.52 Å². The maximum absolute atomic E-state index is 10.9. The predicted octanol–water partition coefficient (Wildman–Crippen LogP) is 1.65. The van der Waals surface area contributed by atoms with Crippen molar-refractivity contribution in [2.75, 3.05) is 11.9 Å². The van der Waals surface area contributed by atoms with Gasteiger partial charge in [0, 0.05) is 25.7 Å². The monoisotopic (exact) mass is 205 g/mol. The molecular weight excluding hydrogens is 194 g/mol. The molecule has 0 spiro atoms. The van der Waals surface area contributed by atoms with Crippen LogP contribution in [0.15, 0.2) is 22.6 Å². The van der Waals surface area contributed by atoms with Gasteiger partial charge in [0.2, 0.25) is 0 Å². The summed E-state index contributed by atoms with van der Waals surface area (Å²) in [4.78, 5) is 16.4. The number of anilines is 1. The third-order valence-electron chi connectivity index (χ3n) is 2.20. The molecule has 5 nitrogen and oxygen atoms in total. The second-order valence-corrected chi connectivity index (χ2v) is 3.28. The van der Waals surface area contributed by atoms with Crippen molar-refractivity contribution in [3.05, 3.63) is 24.1 Å². The lowest BCUT2D eigenvalue weighted by Gasteiger charge is -2.13. The minimum atomic E-state index is -0.509. The highest BCUT2D eigenvalue weighted by Crippen LogP contribution is 2.21. The number of nitrogens with two attached hydrogens (primary N) is 1. The number of primary amides is 1. The average Bonchev–Trinajstić information content (AvgIpc) is 2.55. The Bertz CT molecular complexity index is 518. The number of oxazole rings is 1. The fraction of sp³-hybridized carbons (Fsp3) is 0.200. The van der Waals surface area contributed by atoms with Crippen LogP contribution in [0.2, 0.25) is 0 Å². The zero-order chi connectivity index (χ0) is 11.0. The van der Waals surface area contributed by atoms with Crippen molar-refractivity contribution >= 4 is 22.8 Å². The van der Waals surface area contributed by atoms with E-state index in [2.05, 4.69) is 4.98 Å². The van der Waals surface area contributed by atoms with E-state index in [1.807, 2.05) is 0 Å². The van der Waals surface area contributed by atoms with Gasteiger partial charge in [0.25, 0.3) is 0 Å². The molecular formula is C10H11N3O2. The van der Waals surface area contributed by atoms with E-state index in [1.165, 1.54) is 4.90 Å². The quantitative estimate of drug-likeness (QED) is 0.769. The van der Waals surface area contributed by atoms with Crippen molar-refractivity contribution in [1.29, 1.82) is 0 Å². The number of benzene rings is 1. The zero-order valence-corrected chi connectivity index (χ0v) is 8.52. The molecule has 0 fully saturated rings. The number of urea groups is 1. The van der Waals surface area contributed by atoms with E-state index in [-0.39, 0.29) is 0 Å². The van der Waals surface area contributed by atoms with Crippen molar-refractivity contribution in [3.63, 3.8) is 0 Å². The molecule has 0 atom stereocenters. The Morgan fingerprint density at radius 1 is 1.53 bits per heavy atom. The van der Waals surface area contributed by atoms with Crippen LogP contribution in [0.5, 0.6) is 0 Å². The second kappa shape index (κ2) is 3.27. The number of nitrogens with zero attached hydrogens (tertiary/aromatic N) is 2. The molecule has 0 unspecified atom stereocenters. The number of fused-ring (bicyclic) bond motifs is 1. The van der Waals surface area contributed by atoms with Crippen molar-refractivity contribution < 1.29 is 9.21 Å². The van der Waals surface area contributed by atoms with Crippen molar-refractivity contribution in [2.45, 2.75) is 6.92 Å². The zero-order valence-electron chi connectivity index (χ0n) is 8.52. The average molecular weight is 205 g/mol. The van der Waals surface area contributed by atoms with E-state index in [9.17, 15) is 4.79 Å². The second-order valence-electron chi connectivity index (χ2n) is 3.28. The first-order valence-corrected chi connectivity index (χ1v) is 4.48. The number of carbonyl (C=O) groups is 1. The Hall–Kier alpha value is -2.04. The molecule has 1 aromatic carbocycles. The third kappa shape index (κ3) is 1.63. The van der Waals surface area contributed by atoms with Crippen LogP contribution in [0.25, 0.3) is 11.1 Å². The van der Waals surface area contributed by atoms with E-state index < -0.39 is 6.03 Å². The Kier molecular flexibility index (Phi) is 2.07. The highest BCUT2D eigenvalue weighted by molar-refractivity contribution is 5.92. The summed E-state index contributed by atoms with van der Waals surface area (Å²) in [6.07, 6.45) is 0. The fourth-order valence-corrected chi connectivity index (χ4v) is 1.36. The number of aryl methyl sites for hydroxylation is 1. The van der Waals surface area contributed by atoms with Crippen molar-refractivity contribution in [3.8, 4) is 0 Å². The minimum Gasteiger partial charge on any atom is -0.441 e. The van der Waals surface area contributed by atoms with Gasteiger partial charge in [-0.25, -0.2) is 9.78 Å². The van der Waals surface area contributed by atoms with Crippen LogP contribution in [0.4, 0.5) is 10.5 Å². The lowest BCUT2D eigenvalue weighted by molar-refractivity contribution is 0.255. The summed E-state index contributed by atoms with van der Waals surface area (Å²) in [7, 11) is 1.60. The highest BCUT2D eigenvalue weighted by Gasteiger charge is 2.09. The van der Waals surface area contributed by atoms with E-state index in [4.69, 9.17) is 10.2 Å². The normalized spacial score (nSPS) is 10.5. The molecule has 2 aromatic rings. The number of aromatic nitrogens is 1. The van der Waals surface area contributed by atoms with Gasteiger partial charge in [0.15, 0.2) is 11.5 Å². The lowest BCUT2D eigenvalue weighted by atomic mass is 10.3. The van der Waals surface area contributed by atoms with Crippen LogP contribution >= 0.6 is 0 Å². The van der Waals surface area contributed by atoms with Gasteiger partial charge in [-0.05, 0) is 12.1 Å². The number of rotatable bonds is 1. The standard InChI is InChI=1S/C10H11N3O2/c1-6-12-8-4-3-7(5-9(8)15-6)13(2)10(11)14/h3-5H,1-2H3,(H2,11,14). The van der Waals surface area contributed by atoms with E-state index >= 15 is 0 Å². The first kappa shape index (κ1) is 9.51. The summed E-state index contributed by atoms with van der Waals surface area (Å²) in [6, 6.07) is 4.79. The Morgan fingerprint density at radius 2 is 2.27 bits per heavy atom. The molecule has 0 aliphatic rings. The molecule has 2 N–H and O–H groups in total. The number of hydrogen-bond acceptors (Lipinski definition) is 3. The van der Waals surface area contributed by atoms with Crippen LogP contribution < -0.4 is 10.6 Å². The predicted molar refractivity (Wildman–Crippen MR) is 56.7 cm³/mol. The number of amides is 2. The van der Waals surface area contributed by atoms with Crippen LogP contribution in [0.1, 0.15) is 5.89 Å².